The van der Waals surface area contributed by atoms with E-state index in [2.05, 4.69) is 0 Å². The number of carbonyl (C=O) groups is 2. The summed E-state index contributed by atoms with van der Waals surface area (Å²) in [4.78, 5) is 24.2. The van der Waals surface area contributed by atoms with Crippen molar-refractivity contribution >= 4 is 11.8 Å². The number of ether oxygens (including phenoxy) is 4. The maximum Gasteiger partial charge on any atom is 0.253 e. The van der Waals surface area contributed by atoms with Gasteiger partial charge in [0.2, 0.25) is 0 Å². The molecule has 0 radical (unpaired) electrons. The van der Waals surface area contributed by atoms with E-state index >= 15 is 0 Å². The molecule has 1 rings (SSSR count). The van der Waals surface area contributed by atoms with E-state index in [9.17, 15) is 9.59 Å². The predicted molar refractivity (Wildman–Crippen MR) is 74.5 cm³/mol. The average Bonchev–Trinajstić information content (AvgIpc) is 2.79. The fraction of sp³-hybridized carbons (Fsp3) is 0.714. The van der Waals surface area contributed by atoms with E-state index in [1.165, 1.54) is 12.2 Å². The van der Waals surface area contributed by atoms with Crippen LogP contribution in [0.4, 0.5) is 0 Å². The van der Waals surface area contributed by atoms with Crippen LogP contribution < -0.4 is 0 Å². The molecular formula is C14H23NO6. The summed E-state index contributed by atoms with van der Waals surface area (Å²) >= 11 is 0. The number of hydrogen-bond acceptors (Lipinski definition) is 6. The third kappa shape index (κ3) is 6.81. The molecule has 7 heteroatoms. The van der Waals surface area contributed by atoms with Gasteiger partial charge in [-0.1, -0.05) is 0 Å². The Labute approximate surface area is 124 Å². The van der Waals surface area contributed by atoms with Gasteiger partial charge in [0.15, 0.2) is 6.29 Å². The SMILES string of the molecule is COCCCOC(CN1C(=O)C=CC1=O)OCCCOC. The molecule has 0 unspecified atom stereocenters. The molecule has 0 fully saturated rings. The maximum atomic E-state index is 11.5. The summed E-state index contributed by atoms with van der Waals surface area (Å²) in [5.41, 5.74) is 0. The van der Waals surface area contributed by atoms with Crippen molar-refractivity contribution in [2.24, 2.45) is 0 Å². The van der Waals surface area contributed by atoms with Crippen LogP contribution in [0.1, 0.15) is 12.8 Å². The van der Waals surface area contributed by atoms with E-state index in [0.717, 1.165) is 4.90 Å². The Morgan fingerprint density at radius 1 is 0.905 bits per heavy atom. The Kier molecular flexibility index (Phi) is 8.84. The molecule has 0 N–H and O–H groups in total. The molecule has 0 spiro atoms. The number of hydrogen-bond donors (Lipinski definition) is 0. The minimum atomic E-state index is -0.633. The molecule has 2 amide bonds. The highest BCUT2D eigenvalue weighted by Crippen LogP contribution is 2.08. The van der Waals surface area contributed by atoms with Crippen LogP contribution in [0.15, 0.2) is 12.2 Å². The highest BCUT2D eigenvalue weighted by molar-refractivity contribution is 6.12. The molecule has 7 nitrogen and oxygen atoms in total. The van der Waals surface area contributed by atoms with E-state index in [4.69, 9.17) is 18.9 Å². The Balaban J connectivity index is 2.38. The van der Waals surface area contributed by atoms with E-state index < -0.39 is 6.29 Å². The van der Waals surface area contributed by atoms with Crippen LogP contribution in [-0.4, -0.2) is 70.2 Å². The van der Waals surface area contributed by atoms with Gasteiger partial charge in [0.05, 0.1) is 19.8 Å². The van der Waals surface area contributed by atoms with Crippen molar-refractivity contribution < 1.29 is 28.5 Å². The third-order valence-electron chi connectivity index (χ3n) is 2.83. The zero-order valence-corrected chi connectivity index (χ0v) is 12.6. The minimum Gasteiger partial charge on any atom is -0.385 e. The van der Waals surface area contributed by atoms with Gasteiger partial charge in [0.1, 0.15) is 0 Å². The molecule has 0 atom stereocenters. The molecule has 1 heterocycles. The molecule has 0 aromatic heterocycles. The van der Waals surface area contributed by atoms with Gasteiger partial charge in [0.25, 0.3) is 11.8 Å². The van der Waals surface area contributed by atoms with Gasteiger partial charge in [-0.2, -0.15) is 0 Å². The first-order chi connectivity index (χ1) is 10.2. The van der Waals surface area contributed by atoms with Crippen LogP contribution in [-0.2, 0) is 28.5 Å². The lowest BCUT2D eigenvalue weighted by molar-refractivity contribution is -0.166. The number of rotatable bonds is 12. The molecule has 0 saturated heterocycles. The van der Waals surface area contributed by atoms with Crippen LogP contribution in [0.5, 0.6) is 0 Å². The largest absolute Gasteiger partial charge is 0.385 e. The van der Waals surface area contributed by atoms with Crippen LogP contribution >= 0.6 is 0 Å². The van der Waals surface area contributed by atoms with Crippen molar-refractivity contribution in [3.8, 4) is 0 Å². The highest BCUT2D eigenvalue weighted by atomic mass is 16.7. The highest BCUT2D eigenvalue weighted by Gasteiger charge is 2.27. The summed E-state index contributed by atoms with van der Waals surface area (Å²) < 4.78 is 21.0. The van der Waals surface area contributed by atoms with Crippen molar-refractivity contribution in [3.05, 3.63) is 12.2 Å². The molecule has 0 saturated carbocycles. The first-order valence-electron chi connectivity index (χ1n) is 6.93. The van der Waals surface area contributed by atoms with E-state index in [1.807, 2.05) is 0 Å². The summed E-state index contributed by atoms with van der Waals surface area (Å²) in [6, 6.07) is 0. The van der Waals surface area contributed by atoms with Crippen molar-refractivity contribution in [1.29, 1.82) is 0 Å². The van der Waals surface area contributed by atoms with Crippen molar-refractivity contribution in [3.63, 3.8) is 0 Å². The van der Waals surface area contributed by atoms with Crippen LogP contribution in [0.25, 0.3) is 0 Å². The summed E-state index contributed by atoms with van der Waals surface area (Å²) in [7, 11) is 3.23. The zero-order valence-electron chi connectivity index (χ0n) is 12.6. The Bertz CT molecular complexity index is 327. The molecule has 0 aromatic carbocycles. The molecule has 0 bridgehead atoms. The normalized spacial score (nSPS) is 14.7. The fourth-order valence-electron chi connectivity index (χ4n) is 1.75. The summed E-state index contributed by atoms with van der Waals surface area (Å²) in [6.45, 7) is 2.13. The van der Waals surface area contributed by atoms with Crippen LogP contribution in [0.3, 0.4) is 0 Å². The number of nitrogens with zero attached hydrogens (tertiary/aromatic N) is 1. The second-order valence-corrected chi connectivity index (χ2v) is 4.48. The molecule has 1 aliphatic heterocycles. The molecule has 0 aliphatic carbocycles. The van der Waals surface area contributed by atoms with Crippen molar-refractivity contribution in [2.45, 2.75) is 19.1 Å². The van der Waals surface area contributed by atoms with Gasteiger partial charge >= 0.3 is 0 Å². The third-order valence-corrected chi connectivity index (χ3v) is 2.83. The van der Waals surface area contributed by atoms with E-state index in [1.54, 1.807) is 14.2 Å². The summed E-state index contributed by atoms with van der Waals surface area (Å²) in [5.74, 6) is -0.683. The lowest BCUT2D eigenvalue weighted by atomic mass is 10.4. The fourth-order valence-corrected chi connectivity index (χ4v) is 1.75. The van der Waals surface area contributed by atoms with Crippen LogP contribution in [0, 0.1) is 0 Å². The molecular weight excluding hydrogens is 278 g/mol. The zero-order chi connectivity index (χ0) is 15.5. The maximum absolute atomic E-state index is 11.5. The first kappa shape index (κ1) is 17.8. The van der Waals surface area contributed by atoms with Crippen molar-refractivity contribution in [1.82, 2.24) is 4.90 Å². The average molecular weight is 301 g/mol. The molecule has 0 aromatic rings. The second kappa shape index (κ2) is 10.4. The van der Waals surface area contributed by atoms with Gasteiger partial charge in [-0.05, 0) is 12.8 Å². The molecule has 1 aliphatic rings. The number of carbonyl (C=O) groups excluding carboxylic acids is 2. The monoisotopic (exact) mass is 301 g/mol. The Morgan fingerprint density at radius 2 is 1.38 bits per heavy atom. The van der Waals surface area contributed by atoms with Gasteiger partial charge < -0.3 is 18.9 Å². The molecule has 120 valence electrons. The first-order valence-corrected chi connectivity index (χ1v) is 6.93. The summed E-state index contributed by atoms with van der Waals surface area (Å²) in [5, 5.41) is 0. The number of methoxy groups -OCH3 is 2. The van der Waals surface area contributed by atoms with E-state index in [-0.39, 0.29) is 18.4 Å². The standard InChI is InChI=1S/C14H23NO6/c1-18-7-3-9-20-14(21-10-4-8-19-2)11-15-12(16)5-6-13(15)17/h5-6,14H,3-4,7-11H2,1-2H3. The molecule has 21 heavy (non-hydrogen) atoms. The van der Waals surface area contributed by atoms with Gasteiger partial charge in [0, 0.05) is 39.6 Å². The number of imide groups is 1. The topological polar surface area (TPSA) is 74.3 Å². The minimum absolute atomic E-state index is 0.0879. The van der Waals surface area contributed by atoms with Gasteiger partial charge in [-0.15, -0.1) is 0 Å². The predicted octanol–water partition coefficient (Wildman–Crippen LogP) is 0.344. The van der Waals surface area contributed by atoms with E-state index in [0.29, 0.717) is 39.3 Å². The van der Waals surface area contributed by atoms with Gasteiger partial charge in [-0.3, -0.25) is 14.5 Å². The lowest BCUT2D eigenvalue weighted by Crippen LogP contribution is -2.39. The van der Waals surface area contributed by atoms with Crippen molar-refractivity contribution in [2.75, 3.05) is 47.2 Å². The second-order valence-electron chi connectivity index (χ2n) is 4.48. The Hall–Kier alpha value is -1.28. The lowest BCUT2D eigenvalue weighted by Gasteiger charge is -2.23. The Morgan fingerprint density at radius 3 is 1.81 bits per heavy atom. The van der Waals surface area contributed by atoms with Crippen LogP contribution in [0.2, 0.25) is 0 Å². The quantitative estimate of drug-likeness (QED) is 0.294. The van der Waals surface area contributed by atoms with Gasteiger partial charge in [-0.25, -0.2) is 0 Å². The number of amides is 2. The smallest absolute Gasteiger partial charge is 0.253 e. The summed E-state index contributed by atoms with van der Waals surface area (Å²) in [6.07, 6.45) is 3.29.